The zero-order valence-electron chi connectivity index (χ0n) is 17.2. The van der Waals surface area contributed by atoms with Crippen LogP contribution in [0.3, 0.4) is 0 Å². The molecule has 0 saturated heterocycles. The molecular weight excluding hydrogens is 415 g/mol. The number of imidazole rings is 1. The predicted octanol–water partition coefficient (Wildman–Crippen LogP) is 3.88. The average molecular weight is 437 g/mol. The van der Waals surface area contributed by atoms with Gasteiger partial charge in [-0.1, -0.05) is 16.9 Å². The van der Waals surface area contributed by atoms with Crippen molar-refractivity contribution in [3.05, 3.63) is 35.8 Å². The van der Waals surface area contributed by atoms with E-state index in [0.717, 1.165) is 12.3 Å². The summed E-state index contributed by atoms with van der Waals surface area (Å²) in [5, 5.41) is 9.45. The molecule has 0 unspecified atom stereocenters. The molecule has 0 aromatic carbocycles. The fourth-order valence-electron chi connectivity index (χ4n) is 3.02. The molecule has 0 aliphatic rings. The first-order valence-corrected chi connectivity index (χ1v) is 11.5. The summed E-state index contributed by atoms with van der Waals surface area (Å²) in [5.74, 6) is 0.653. The van der Waals surface area contributed by atoms with Gasteiger partial charge in [0, 0.05) is 23.9 Å². The number of nitriles is 1. The van der Waals surface area contributed by atoms with Crippen molar-refractivity contribution in [3.63, 3.8) is 0 Å². The maximum Gasteiger partial charge on any atom is 0.433 e. The lowest BCUT2D eigenvalue weighted by atomic mass is 9.87. The van der Waals surface area contributed by atoms with Gasteiger partial charge in [0.05, 0.1) is 28.7 Å². The van der Waals surface area contributed by atoms with Crippen LogP contribution in [0.2, 0.25) is 0 Å². The highest BCUT2D eigenvalue weighted by Gasteiger charge is 2.33. The third-order valence-electron chi connectivity index (χ3n) is 5.25. The van der Waals surface area contributed by atoms with Crippen molar-refractivity contribution < 1.29 is 17.4 Å². The maximum atomic E-state index is 13.3. The monoisotopic (exact) mass is 437 g/mol. The molecule has 160 valence electrons. The van der Waals surface area contributed by atoms with E-state index in [4.69, 9.17) is 0 Å². The first-order valence-electron chi connectivity index (χ1n) is 9.20. The zero-order valence-corrected chi connectivity index (χ0v) is 18.1. The topological polar surface area (TPSA) is 84.5 Å². The second-order valence-electron chi connectivity index (χ2n) is 7.80. The van der Waals surface area contributed by atoms with Crippen LogP contribution in [0.25, 0.3) is 22.6 Å². The van der Waals surface area contributed by atoms with Gasteiger partial charge in [0.15, 0.2) is 5.82 Å². The van der Waals surface area contributed by atoms with Gasteiger partial charge in [0.1, 0.15) is 11.4 Å². The number of aromatic nitrogens is 4. The molecule has 0 aliphatic heterocycles. The predicted molar refractivity (Wildman–Crippen MR) is 110 cm³/mol. The highest BCUT2D eigenvalue weighted by Crippen LogP contribution is 2.35. The van der Waals surface area contributed by atoms with Crippen molar-refractivity contribution in [1.82, 2.24) is 19.5 Å². The largest absolute Gasteiger partial charge is 0.433 e. The molecule has 3 rings (SSSR count). The summed E-state index contributed by atoms with van der Waals surface area (Å²) in [7, 11) is -1.21. The van der Waals surface area contributed by atoms with Gasteiger partial charge in [-0.3, -0.25) is 9.19 Å². The van der Waals surface area contributed by atoms with E-state index < -0.39 is 27.2 Å². The number of hydrogen-bond donors (Lipinski definition) is 1. The Morgan fingerprint density at radius 2 is 1.87 bits per heavy atom. The van der Waals surface area contributed by atoms with E-state index in [1.165, 1.54) is 6.20 Å². The van der Waals surface area contributed by atoms with Gasteiger partial charge >= 0.3 is 6.18 Å². The van der Waals surface area contributed by atoms with Crippen LogP contribution in [-0.2, 0) is 28.6 Å². The Kier molecular flexibility index (Phi) is 5.23. The van der Waals surface area contributed by atoms with Gasteiger partial charge in [-0.15, -0.1) is 0 Å². The summed E-state index contributed by atoms with van der Waals surface area (Å²) in [6.07, 6.45) is -0.312. The number of aryl methyl sites for hydroxylation is 1. The van der Waals surface area contributed by atoms with Gasteiger partial charge in [-0.25, -0.2) is 9.97 Å². The summed E-state index contributed by atoms with van der Waals surface area (Å²) in [4.78, 5) is 12.8. The molecule has 10 heteroatoms. The number of fused-ring (bicyclic) bond motifs is 1. The summed E-state index contributed by atoms with van der Waals surface area (Å²) in [5.41, 5.74) is -0.424. The van der Waals surface area contributed by atoms with Gasteiger partial charge in [0.2, 0.25) is 0 Å². The van der Waals surface area contributed by atoms with Crippen molar-refractivity contribution in [2.24, 2.45) is 7.05 Å². The third kappa shape index (κ3) is 3.69. The van der Waals surface area contributed by atoms with Gasteiger partial charge in [0.25, 0.3) is 0 Å². The van der Waals surface area contributed by atoms with Crippen molar-refractivity contribution in [2.75, 3.05) is 12.0 Å². The van der Waals surface area contributed by atoms with Crippen molar-refractivity contribution in [1.29, 1.82) is 5.26 Å². The van der Waals surface area contributed by atoms with Crippen molar-refractivity contribution >= 4 is 21.0 Å². The number of hydrogen-bond acceptors (Lipinski definition) is 5. The van der Waals surface area contributed by atoms with Crippen LogP contribution in [0.4, 0.5) is 13.2 Å². The number of alkyl halides is 3. The standard InChI is InChI=1S/C20H22F3N5OS/c1-6-30(5,29)15-7-12(19(2,3)11-24)9-26-17(15)18-27-13-8-16(20(21,22)23)25-10-14(13)28(18)4/h7-10,30H,6H2,1-5H3. The lowest BCUT2D eigenvalue weighted by molar-refractivity contribution is -0.141. The van der Waals surface area contributed by atoms with E-state index in [9.17, 15) is 22.6 Å². The molecule has 0 fully saturated rings. The minimum absolute atomic E-state index is 0.117. The fourth-order valence-corrected chi connectivity index (χ4v) is 4.38. The zero-order chi connectivity index (χ0) is 22.5. The van der Waals surface area contributed by atoms with E-state index in [1.54, 1.807) is 44.7 Å². The molecule has 0 amide bonds. The van der Waals surface area contributed by atoms with E-state index >= 15 is 0 Å². The second kappa shape index (κ2) is 7.16. The Balaban J connectivity index is 2.29. The lowest BCUT2D eigenvalue weighted by Gasteiger charge is -2.23. The smallest absolute Gasteiger partial charge is 0.325 e. The van der Waals surface area contributed by atoms with Crippen LogP contribution in [0.5, 0.6) is 0 Å². The first kappa shape index (κ1) is 21.9. The number of halogens is 3. The molecule has 0 aliphatic carbocycles. The molecule has 0 radical (unpaired) electrons. The number of thiol groups is 1. The van der Waals surface area contributed by atoms with Crippen LogP contribution in [0.1, 0.15) is 32.0 Å². The average Bonchev–Trinajstić information content (AvgIpc) is 3.02. The normalized spacial score (nSPS) is 13.4. The molecule has 0 atom stereocenters. The molecule has 0 bridgehead atoms. The Hall–Kier alpha value is -2.80. The minimum Gasteiger partial charge on any atom is -0.325 e. The maximum absolute atomic E-state index is 13.3. The molecule has 6 nitrogen and oxygen atoms in total. The van der Waals surface area contributed by atoms with Gasteiger partial charge in [-0.05, 0) is 37.8 Å². The molecule has 3 aromatic rings. The molecular formula is C20H22F3N5OS. The quantitative estimate of drug-likeness (QED) is 0.627. The van der Waals surface area contributed by atoms with E-state index in [-0.39, 0.29) is 11.3 Å². The first-order chi connectivity index (χ1) is 13.8. The SMILES string of the molecule is CC[SH](C)(=O)c1cc(C(C)(C)C#N)cnc1-c1nc2cc(C(F)(F)F)ncc2n1C. The van der Waals surface area contributed by atoms with Crippen LogP contribution < -0.4 is 0 Å². The minimum atomic E-state index is -4.58. The Morgan fingerprint density at radius 1 is 1.20 bits per heavy atom. The summed E-state index contributed by atoms with van der Waals surface area (Å²) < 4.78 is 54.0. The van der Waals surface area contributed by atoms with Crippen molar-refractivity contribution in [2.45, 2.75) is 37.3 Å². The van der Waals surface area contributed by atoms with E-state index in [1.807, 2.05) is 0 Å². The molecule has 0 N–H and O–H groups in total. The van der Waals surface area contributed by atoms with Crippen LogP contribution in [0, 0.1) is 11.3 Å². The van der Waals surface area contributed by atoms with Gasteiger partial charge in [-0.2, -0.15) is 18.4 Å². The number of rotatable bonds is 4. The van der Waals surface area contributed by atoms with Gasteiger partial charge < -0.3 is 4.57 Å². The van der Waals surface area contributed by atoms with Crippen molar-refractivity contribution in [3.8, 4) is 17.6 Å². The van der Waals surface area contributed by atoms with E-state index in [2.05, 4.69) is 21.0 Å². The lowest BCUT2D eigenvalue weighted by Crippen LogP contribution is -2.20. The highest BCUT2D eigenvalue weighted by molar-refractivity contribution is 8.02. The fraction of sp³-hybridized carbons (Fsp3) is 0.400. The molecule has 30 heavy (non-hydrogen) atoms. The second-order valence-corrected chi connectivity index (χ2v) is 11.1. The summed E-state index contributed by atoms with van der Waals surface area (Å²) in [6, 6.07) is 4.79. The van der Waals surface area contributed by atoms with Crippen LogP contribution >= 0.6 is 0 Å². The summed E-state index contributed by atoms with van der Waals surface area (Å²) >= 11 is 0. The molecule has 3 heterocycles. The Morgan fingerprint density at radius 3 is 2.43 bits per heavy atom. The summed E-state index contributed by atoms with van der Waals surface area (Å²) in [6.45, 7) is 5.26. The molecule has 3 aromatic heterocycles. The third-order valence-corrected chi connectivity index (χ3v) is 7.82. The van der Waals surface area contributed by atoms with E-state index in [0.29, 0.717) is 27.4 Å². The Labute approximate surface area is 173 Å². The van der Waals surface area contributed by atoms with Crippen LogP contribution in [0.15, 0.2) is 29.4 Å². The highest BCUT2D eigenvalue weighted by atomic mass is 32.2. The molecule has 0 spiro atoms. The molecule has 0 saturated carbocycles. The number of nitrogens with zero attached hydrogens (tertiary/aromatic N) is 5. The Bertz CT molecular complexity index is 1220. The van der Waals surface area contributed by atoms with Crippen LogP contribution in [-0.4, -0.2) is 35.7 Å². The number of pyridine rings is 2.